The van der Waals surface area contributed by atoms with Crippen molar-refractivity contribution in [3.05, 3.63) is 75.4 Å². The Balaban J connectivity index is 1.52. The third-order valence-electron chi connectivity index (χ3n) is 5.45. The van der Waals surface area contributed by atoms with E-state index in [1.54, 1.807) is 30.5 Å². The molecule has 0 radical (unpaired) electrons. The Morgan fingerprint density at radius 2 is 1.75 bits per heavy atom. The van der Waals surface area contributed by atoms with E-state index in [1.165, 1.54) is 4.68 Å². The quantitative estimate of drug-likeness (QED) is 0.471. The van der Waals surface area contributed by atoms with Gasteiger partial charge in [0, 0.05) is 22.9 Å². The number of carbonyl (C=O) groups excluding carboxylic acids is 2. The van der Waals surface area contributed by atoms with Crippen LogP contribution in [0.4, 0.5) is 0 Å². The Labute approximate surface area is 184 Å². The average Bonchev–Trinajstić information content (AvgIpc) is 3.15. The van der Waals surface area contributed by atoms with Gasteiger partial charge in [0.25, 0.3) is 11.5 Å². The molecule has 32 heavy (non-hydrogen) atoms. The highest BCUT2D eigenvalue weighted by Gasteiger charge is 2.18. The molecule has 0 aliphatic carbocycles. The molecule has 0 aliphatic heterocycles. The van der Waals surface area contributed by atoms with Gasteiger partial charge in [-0.3, -0.25) is 25.2 Å². The lowest BCUT2D eigenvalue weighted by Gasteiger charge is -2.11. The van der Waals surface area contributed by atoms with Gasteiger partial charge in [-0.15, -0.1) is 0 Å². The first-order chi connectivity index (χ1) is 15.4. The average molecular weight is 432 g/mol. The van der Waals surface area contributed by atoms with E-state index in [1.807, 2.05) is 32.9 Å². The summed E-state index contributed by atoms with van der Waals surface area (Å²) in [7, 11) is 0. The van der Waals surface area contributed by atoms with Crippen LogP contribution >= 0.6 is 0 Å². The molecule has 0 bridgehead atoms. The van der Waals surface area contributed by atoms with Gasteiger partial charge in [-0.25, -0.2) is 4.68 Å². The Bertz CT molecular complexity index is 1400. The third-order valence-corrected chi connectivity index (χ3v) is 5.45. The molecule has 4 aromatic rings. The van der Waals surface area contributed by atoms with E-state index in [0.717, 1.165) is 22.1 Å². The van der Waals surface area contributed by atoms with E-state index in [-0.39, 0.29) is 17.7 Å². The van der Waals surface area contributed by atoms with Crippen LogP contribution in [0.3, 0.4) is 0 Å². The maximum atomic E-state index is 12.8. The first kappa shape index (κ1) is 21.3. The number of fused-ring (bicyclic) bond motifs is 2. The van der Waals surface area contributed by atoms with Crippen molar-refractivity contribution < 1.29 is 14.0 Å². The fourth-order valence-electron chi connectivity index (χ4n) is 3.64. The molecule has 2 heterocycles. The standard InChI is InChI=1S/C24H24N4O4/c1-4-9-28-24(31)18-8-6-5-7-17(18)22(27-28)23(30)26-25-21(29)12-16-13-32-20-11-15(3)14(2)10-19(16)20/h5-8,10-11,13H,4,9,12H2,1-3H3,(H,25,29)(H,26,30). The predicted octanol–water partition coefficient (Wildman–Crippen LogP) is 3.17. The van der Waals surface area contributed by atoms with E-state index < -0.39 is 11.8 Å². The zero-order valence-electron chi connectivity index (χ0n) is 18.2. The van der Waals surface area contributed by atoms with Crippen LogP contribution in [-0.4, -0.2) is 21.6 Å². The van der Waals surface area contributed by atoms with Crippen molar-refractivity contribution >= 4 is 33.6 Å². The van der Waals surface area contributed by atoms with Crippen LogP contribution in [0.25, 0.3) is 21.7 Å². The first-order valence-corrected chi connectivity index (χ1v) is 10.5. The number of furan rings is 1. The van der Waals surface area contributed by atoms with E-state index in [0.29, 0.717) is 29.3 Å². The number of aromatic nitrogens is 2. The molecule has 2 amide bonds. The van der Waals surface area contributed by atoms with Gasteiger partial charge in [0.1, 0.15) is 5.58 Å². The summed E-state index contributed by atoms with van der Waals surface area (Å²) >= 11 is 0. The van der Waals surface area contributed by atoms with Gasteiger partial charge in [0.15, 0.2) is 5.69 Å². The number of rotatable bonds is 5. The van der Waals surface area contributed by atoms with Gasteiger partial charge in [0.05, 0.1) is 18.1 Å². The number of hydrogen-bond donors (Lipinski definition) is 2. The van der Waals surface area contributed by atoms with Gasteiger partial charge >= 0.3 is 0 Å². The molecule has 0 saturated heterocycles. The van der Waals surface area contributed by atoms with E-state index >= 15 is 0 Å². The van der Waals surface area contributed by atoms with E-state index in [9.17, 15) is 14.4 Å². The number of nitrogens with zero attached hydrogens (tertiary/aromatic N) is 2. The molecule has 8 nitrogen and oxygen atoms in total. The number of amides is 2. The summed E-state index contributed by atoms with van der Waals surface area (Å²) in [6, 6.07) is 10.7. The summed E-state index contributed by atoms with van der Waals surface area (Å²) in [5.74, 6) is -0.992. The highest BCUT2D eigenvalue weighted by atomic mass is 16.3. The molecule has 0 spiro atoms. The highest BCUT2D eigenvalue weighted by Crippen LogP contribution is 2.25. The summed E-state index contributed by atoms with van der Waals surface area (Å²) in [6.45, 7) is 6.32. The van der Waals surface area contributed by atoms with Crippen LogP contribution in [0.1, 0.15) is 40.5 Å². The minimum Gasteiger partial charge on any atom is -0.464 e. The highest BCUT2D eigenvalue weighted by molar-refractivity contribution is 6.05. The topological polar surface area (TPSA) is 106 Å². The zero-order valence-corrected chi connectivity index (χ0v) is 18.2. The normalized spacial score (nSPS) is 11.1. The van der Waals surface area contributed by atoms with Crippen LogP contribution in [0.5, 0.6) is 0 Å². The second-order valence-corrected chi connectivity index (χ2v) is 7.80. The molecule has 2 N–H and O–H groups in total. The number of benzene rings is 2. The van der Waals surface area contributed by atoms with Crippen molar-refractivity contribution in [3.63, 3.8) is 0 Å². The minimum absolute atomic E-state index is 0.0410. The van der Waals surface area contributed by atoms with Crippen molar-refractivity contribution in [1.82, 2.24) is 20.6 Å². The summed E-state index contributed by atoms with van der Waals surface area (Å²) in [5, 5.41) is 5.94. The maximum absolute atomic E-state index is 12.8. The lowest BCUT2D eigenvalue weighted by molar-refractivity contribution is -0.121. The fraction of sp³-hybridized carbons (Fsp3) is 0.250. The van der Waals surface area contributed by atoms with Crippen molar-refractivity contribution in [3.8, 4) is 0 Å². The molecular weight excluding hydrogens is 408 g/mol. The Morgan fingerprint density at radius 1 is 1.03 bits per heavy atom. The Hall–Kier alpha value is -3.94. The predicted molar refractivity (Wildman–Crippen MR) is 121 cm³/mol. The van der Waals surface area contributed by atoms with Gasteiger partial charge in [0.2, 0.25) is 5.91 Å². The molecular formula is C24H24N4O4. The summed E-state index contributed by atoms with van der Waals surface area (Å²) in [6.07, 6.45) is 2.29. The molecule has 0 unspecified atom stereocenters. The molecule has 0 saturated carbocycles. The molecule has 0 fully saturated rings. The van der Waals surface area contributed by atoms with Gasteiger partial charge in [-0.1, -0.05) is 25.1 Å². The van der Waals surface area contributed by atoms with Crippen LogP contribution in [0.15, 0.2) is 51.9 Å². The molecule has 0 aliphatic rings. The van der Waals surface area contributed by atoms with Crippen LogP contribution in [0.2, 0.25) is 0 Å². The van der Waals surface area contributed by atoms with Crippen molar-refractivity contribution in [2.45, 2.75) is 40.2 Å². The van der Waals surface area contributed by atoms with Crippen LogP contribution < -0.4 is 16.4 Å². The zero-order chi connectivity index (χ0) is 22.8. The Kier molecular flexibility index (Phi) is 5.77. The van der Waals surface area contributed by atoms with E-state index in [4.69, 9.17) is 4.42 Å². The van der Waals surface area contributed by atoms with Crippen molar-refractivity contribution in [1.29, 1.82) is 0 Å². The molecule has 2 aromatic heterocycles. The maximum Gasteiger partial charge on any atom is 0.290 e. The summed E-state index contributed by atoms with van der Waals surface area (Å²) < 4.78 is 6.85. The molecule has 164 valence electrons. The smallest absolute Gasteiger partial charge is 0.290 e. The first-order valence-electron chi connectivity index (χ1n) is 10.5. The molecule has 4 rings (SSSR count). The molecule has 8 heteroatoms. The minimum atomic E-state index is -0.595. The Morgan fingerprint density at radius 3 is 2.50 bits per heavy atom. The van der Waals surface area contributed by atoms with Gasteiger partial charge in [-0.05, 0) is 49.6 Å². The van der Waals surface area contributed by atoms with Gasteiger partial charge in [-0.2, -0.15) is 5.10 Å². The van der Waals surface area contributed by atoms with Crippen LogP contribution in [0, 0.1) is 13.8 Å². The van der Waals surface area contributed by atoms with Crippen LogP contribution in [-0.2, 0) is 17.8 Å². The SMILES string of the molecule is CCCn1nc(C(=O)NNC(=O)Cc2coc3cc(C)c(C)cc23)c2ccccc2c1=O. The number of aryl methyl sites for hydroxylation is 3. The summed E-state index contributed by atoms with van der Waals surface area (Å²) in [4.78, 5) is 37.9. The number of hydrogen-bond acceptors (Lipinski definition) is 5. The summed E-state index contributed by atoms with van der Waals surface area (Å²) in [5.41, 5.74) is 8.34. The monoisotopic (exact) mass is 432 g/mol. The fourth-order valence-corrected chi connectivity index (χ4v) is 3.64. The number of carbonyl (C=O) groups is 2. The second kappa shape index (κ2) is 8.66. The third kappa shape index (κ3) is 3.99. The van der Waals surface area contributed by atoms with Crippen molar-refractivity contribution in [2.24, 2.45) is 0 Å². The van der Waals surface area contributed by atoms with Crippen molar-refractivity contribution in [2.75, 3.05) is 0 Å². The lowest BCUT2D eigenvalue weighted by atomic mass is 10.0. The lowest BCUT2D eigenvalue weighted by Crippen LogP contribution is -2.43. The molecule has 2 aromatic carbocycles. The molecule has 0 atom stereocenters. The van der Waals surface area contributed by atoms with E-state index in [2.05, 4.69) is 16.0 Å². The largest absolute Gasteiger partial charge is 0.464 e. The number of hydrazine groups is 1. The van der Waals surface area contributed by atoms with Gasteiger partial charge < -0.3 is 4.42 Å². The number of nitrogens with one attached hydrogen (secondary N) is 2. The second-order valence-electron chi connectivity index (χ2n) is 7.80.